The van der Waals surface area contributed by atoms with Crippen LogP contribution < -0.4 is 9.64 Å². The van der Waals surface area contributed by atoms with Gasteiger partial charge in [0.15, 0.2) is 5.78 Å². The maximum absolute atomic E-state index is 12.4. The number of carbonyl (C=O) groups is 2. The van der Waals surface area contributed by atoms with Crippen LogP contribution in [0.4, 0.5) is 5.82 Å². The van der Waals surface area contributed by atoms with Crippen LogP contribution in [0, 0.1) is 0 Å². The van der Waals surface area contributed by atoms with Gasteiger partial charge in [-0.1, -0.05) is 12.1 Å². The van der Waals surface area contributed by atoms with Crippen LogP contribution in [-0.2, 0) is 4.74 Å². The molecule has 0 spiro atoms. The number of aromatic nitrogens is 1. The standard InChI is InChI=1S/C20H22N2O4/c1-15(23)16-7-2-3-9-18(16)25-13-14-26-20(24)17-8-6-10-21-19(17)22-11-4-5-12-22/h2-3,6-10H,4-5,11-14H2,1H3. The Morgan fingerprint density at radius 1 is 1.04 bits per heavy atom. The van der Waals surface area contributed by atoms with Gasteiger partial charge >= 0.3 is 5.97 Å². The van der Waals surface area contributed by atoms with Crippen molar-refractivity contribution >= 4 is 17.6 Å². The lowest BCUT2D eigenvalue weighted by atomic mass is 10.1. The zero-order valence-corrected chi connectivity index (χ0v) is 14.8. The highest BCUT2D eigenvalue weighted by atomic mass is 16.6. The average Bonchev–Trinajstić information content (AvgIpc) is 3.20. The van der Waals surface area contributed by atoms with Crippen molar-refractivity contribution in [2.75, 3.05) is 31.2 Å². The minimum absolute atomic E-state index is 0.0665. The van der Waals surface area contributed by atoms with Crippen molar-refractivity contribution in [3.8, 4) is 5.75 Å². The maximum Gasteiger partial charge on any atom is 0.342 e. The van der Waals surface area contributed by atoms with Gasteiger partial charge in [-0.2, -0.15) is 0 Å². The van der Waals surface area contributed by atoms with Crippen molar-refractivity contribution in [2.45, 2.75) is 19.8 Å². The molecule has 1 aromatic carbocycles. The number of esters is 1. The van der Waals surface area contributed by atoms with Crippen molar-refractivity contribution in [1.29, 1.82) is 0 Å². The molecule has 0 amide bonds. The topological polar surface area (TPSA) is 68.7 Å². The van der Waals surface area contributed by atoms with Gasteiger partial charge in [0.1, 0.15) is 30.3 Å². The summed E-state index contributed by atoms with van der Waals surface area (Å²) in [6, 6.07) is 10.5. The monoisotopic (exact) mass is 354 g/mol. The summed E-state index contributed by atoms with van der Waals surface area (Å²) < 4.78 is 10.9. The predicted octanol–water partition coefficient (Wildman–Crippen LogP) is 3.12. The number of rotatable bonds is 7. The number of hydrogen-bond donors (Lipinski definition) is 0. The second-order valence-electron chi connectivity index (χ2n) is 6.11. The highest BCUT2D eigenvalue weighted by Crippen LogP contribution is 2.22. The first-order chi connectivity index (χ1) is 12.7. The number of benzene rings is 1. The molecule has 0 radical (unpaired) electrons. The highest BCUT2D eigenvalue weighted by Gasteiger charge is 2.21. The van der Waals surface area contributed by atoms with Crippen LogP contribution in [0.2, 0.25) is 0 Å². The third kappa shape index (κ3) is 4.20. The smallest absolute Gasteiger partial charge is 0.342 e. The third-order valence-corrected chi connectivity index (χ3v) is 4.25. The number of carbonyl (C=O) groups excluding carboxylic acids is 2. The number of para-hydroxylation sites is 1. The van der Waals surface area contributed by atoms with Crippen LogP contribution in [-0.4, -0.2) is 43.0 Å². The molecule has 1 saturated heterocycles. The summed E-state index contributed by atoms with van der Waals surface area (Å²) in [5.41, 5.74) is 0.987. The number of pyridine rings is 1. The zero-order chi connectivity index (χ0) is 18.4. The van der Waals surface area contributed by atoms with Crippen molar-refractivity contribution in [1.82, 2.24) is 4.98 Å². The van der Waals surface area contributed by atoms with E-state index in [1.54, 1.807) is 42.6 Å². The molecule has 0 N–H and O–H groups in total. The van der Waals surface area contributed by atoms with Crippen LogP contribution >= 0.6 is 0 Å². The molecule has 0 bridgehead atoms. The SMILES string of the molecule is CC(=O)c1ccccc1OCCOC(=O)c1cccnc1N1CCCC1. The minimum atomic E-state index is -0.413. The van der Waals surface area contributed by atoms with E-state index in [4.69, 9.17) is 9.47 Å². The molecular formula is C20H22N2O4. The molecule has 0 saturated carbocycles. The van der Waals surface area contributed by atoms with Gasteiger partial charge in [-0.25, -0.2) is 9.78 Å². The van der Waals surface area contributed by atoms with Gasteiger partial charge in [-0.15, -0.1) is 0 Å². The second kappa shape index (κ2) is 8.47. The molecule has 2 aromatic rings. The normalized spacial score (nSPS) is 13.5. The van der Waals surface area contributed by atoms with E-state index in [9.17, 15) is 9.59 Å². The molecule has 1 aliphatic rings. The van der Waals surface area contributed by atoms with Crippen LogP contribution in [0.15, 0.2) is 42.6 Å². The minimum Gasteiger partial charge on any atom is -0.489 e. The van der Waals surface area contributed by atoms with Gasteiger partial charge in [-0.3, -0.25) is 4.79 Å². The Kier molecular flexibility index (Phi) is 5.84. The average molecular weight is 354 g/mol. The zero-order valence-electron chi connectivity index (χ0n) is 14.8. The van der Waals surface area contributed by atoms with E-state index in [-0.39, 0.29) is 19.0 Å². The van der Waals surface area contributed by atoms with E-state index in [1.165, 1.54) is 6.92 Å². The Morgan fingerprint density at radius 2 is 1.77 bits per heavy atom. The number of anilines is 1. The summed E-state index contributed by atoms with van der Waals surface area (Å²) in [4.78, 5) is 30.4. The van der Waals surface area contributed by atoms with Gasteiger partial charge in [0, 0.05) is 19.3 Å². The van der Waals surface area contributed by atoms with Crippen molar-refractivity contribution < 1.29 is 19.1 Å². The first kappa shape index (κ1) is 17.9. The fourth-order valence-electron chi connectivity index (χ4n) is 2.98. The summed E-state index contributed by atoms with van der Waals surface area (Å²) in [5, 5.41) is 0. The van der Waals surface area contributed by atoms with Gasteiger partial charge in [0.25, 0.3) is 0 Å². The van der Waals surface area contributed by atoms with Crippen LogP contribution in [0.25, 0.3) is 0 Å². The molecule has 3 rings (SSSR count). The Labute approximate surface area is 152 Å². The summed E-state index contributed by atoms with van der Waals surface area (Å²) in [6.07, 6.45) is 3.90. The second-order valence-corrected chi connectivity index (χ2v) is 6.11. The number of ether oxygens (including phenoxy) is 2. The molecular weight excluding hydrogens is 332 g/mol. The van der Waals surface area contributed by atoms with E-state index in [0.717, 1.165) is 25.9 Å². The number of ketones is 1. The Bertz CT molecular complexity index is 785. The molecule has 26 heavy (non-hydrogen) atoms. The molecule has 0 atom stereocenters. The molecule has 6 nitrogen and oxygen atoms in total. The fraction of sp³-hybridized carbons (Fsp3) is 0.350. The summed E-state index contributed by atoms with van der Waals surface area (Å²) in [6.45, 7) is 3.57. The number of hydrogen-bond acceptors (Lipinski definition) is 6. The summed E-state index contributed by atoms with van der Waals surface area (Å²) >= 11 is 0. The van der Waals surface area contributed by atoms with Gasteiger partial charge in [-0.05, 0) is 44.0 Å². The molecule has 1 aromatic heterocycles. The van der Waals surface area contributed by atoms with Crippen molar-refractivity contribution in [3.63, 3.8) is 0 Å². The van der Waals surface area contributed by atoms with Crippen molar-refractivity contribution in [2.24, 2.45) is 0 Å². The van der Waals surface area contributed by atoms with E-state index in [1.807, 2.05) is 0 Å². The first-order valence-electron chi connectivity index (χ1n) is 8.76. The molecule has 1 fully saturated rings. The van der Waals surface area contributed by atoms with Crippen molar-refractivity contribution in [3.05, 3.63) is 53.7 Å². The van der Waals surface area contributed by atoms with Crippen LogP contribution in [0.5, 0.6) is 5.75 Å². The summed E-state index contributed by atoms with van der Waals surface area (Å²) in [7, 11) is 0. The Balaban J connectivity index is 1.56. The lowest BCUT2D eigenvalue weighted by molar-refractivity contribution is 0.0449. The fourth-order valence-corrected chi connectivity index (χ4v) is 2.98. The predicted molar refractivity (Wildman–Crippen MR) is 97.9 cm³/mol. The van der Waals surface area contributed by atoms with E-state index >= 15 is 0 Å². The van der Waals surface area contributed by atoms with Gasteiger partial charge in [0.05, 0.1) is 5.56 Å². The highest BCUT2D eigenvalue weighted by molar-refractivity contribution is 5.96. The van der Waals surface area contributed by atoms with E-state index in [0.29, 0.717) is 22.7 Å². The quantitative estimate of drug-likeness (QED) is 0.432. The maximum atomic E-state index is 12.4. The Hall–Kier alpha value is -2.89. The number of nitrogens with zero attached hydrogens (tertiary/aromatic N) is 2. The molecule has 0 unspecified atom stereocenters. The van der Waals surface area contributed by atoms with E-state index in [2.05, 4.69) is 9.88 Å². The molecule has 2 heterocycles. The number of Topliss-reactive ketones (excluding diaryl/α,β-unsaturated/α-hetero) is 1. The largest absolute Gasteiger partial charge is 0.489 e. The molecule has 6 heteroatoms. The van der Waals surface area contributed by atoms with Gasteiger partial charge < -0.3 is 14.4 Å². The van der Waals surface area contributed by atoms with Crippen LogP contribution in [0.1, 0.15) is 40.5 Å². The van der Waals surface area contributed by atoms with Crippen LogP contribution in [0.3, 0.4) is 0 Å². The Morgan fingerprint density at radius 3 is 2.54 bits per heavy atom. The summed E-state index contributed by atoms with van der Waals surface area (Å²) in [5.74, 6) is 0.694. The molecule has 136 valence electrons. The molecule has 0 aliphatic carbocycles. The van der Waals surface area contributed by atoms with E-state index < -0.39 is 5.97 Å². The lowest BCUT2D eigenvalue weighted by Gasteiger charge is -2.19. The lowest BCUT2D eigenvalue weighted by Crippen LogP contribution is -2.23. The first-order valence-corrected chi connectivity index (χ1v) is 8.76. The third-order valence-electron chi connectivity index (χ3n) is 4.25. The van der Waals surface area contributed by atoms with Gasteiger partial charge in [0.2, 0.25) is 0 Å². The molecule has 1 aliphatic heterocycles.